The van der Waals surface area contributed by atoms with E-state index < -0.39 is 11.9 Å². The summed E-state index contributed by atoms with van der Waals surface area (Å²) in [4.78, 5) is 12.4. The van der Waals surface area contributed by atoms with Gasteiger partial charge in [-0.25, -0.2) is 4.79 Å². The van der Waals surface area contributed by atoms with Crippen LogP contribution in [0.4, 0.5) is 0 Å². The van der Waals surface area contributed by atoms with Gasteiger partial charge in [0.25, 0.3) is 0 Å². The number of hydrogen-bond donors (Lipinski definition) is 1. The molecule has 0 spiro atoms. The van der Waals surface area contributed by atoms with E-state index >= 15 is 0 Å². The van der Waals surface area contributed by atoms with Gasteiger partial charge in [-0.3, -0.25) is 0 Å². The highest BCUT2D eigenvalue weighted by atomic mass is 35.5. The van der Waals surface area contributed by atoms with Gasteiger partial charge in [0.1, 0.15) is 17.4 Å². The minimum atomic E-state index is -0.771. The molecule has 5 nitrogen and oxygen atoms in total. The molecule has 1 heterocycles. The second-order valence-corrected chi connectivity index (χ2v) is 5.10. The van der Waals surface area contributed by atoms with E-state index in [-0.39, 0.29) is 29.4 Å². The number of esters is 1. The Kier molecular flexibility index (Phi) is 4.95. The molecule has 2 rings (SSSR count). The predicted octanol–water partition coefficient (Wildman–Crippen LogP) is 2.60. The average molecular weight is 329 g/mol. The third-order valence-corrected chi connectivity index (χ3v) is 3.67. The molecule has 1 unspecified atom stereocenters. The van der Waals surface area contributed by atoms with Crippen LogP contribution in [0.5, 0.6) is 0 Å². The van der Waals surface area contributed by atoms with E-state index in [0.717, 1.165) is 0 Å². The maximum Gasteiger partial charge on any atom is 0.339 e. The first-order chi connectivity index (χ1) is 11.0. The molecule has 0 bridgehead atoms. The maximum absolute atomic E-state index is 12.4. The highest BCUT2D eigenvalue weighted by Crippen LogP contribution is 2.41. The lowest BCUT2D eigenvalue weighted by Crippen LogP contribution is -2.25. The highest BCUT2D eigenvalue weighted by molar-refractivity contribution is 6.31. The summed E-state index contributed by atoms with van der Waals surface area (Å²) in [5.74, 6) is 0.950. The van der Waals surface area contributed by atoms with Gasteiger partial charge in [0.05, 0.1) is 11.5 Å². The Balaban J connectivity index is 2.61. The fourth-order valence-corrected chi connectivity index (χ4v) is 2.60. The second-order valence-electron chi connectivity index (χ2n) is 4.70. The Bertz CT molecular complexity index is 797. The molecule has 2 N–H and O–H groups in total. The maximum atomic E-state index is 12.4. The topological polar surface area (TPSA) is 85.3 Å². The van der Waals surface area contributed by atoms with Crippen molar-refractivity contribution in [3.63, 3.8) is 0 Å². The lowest BCUT2D eigenvalue weighted by molar-refractivity contribution is -0.138. The molecule has 0 saturated heterocycles. The minimum absolute atomic E-state index is 0.0663. The van der Waals surface area contributed by atoms with Crippen LogP contribution in [0.15, 0.2) is 47.1 Å². The molecule has 6 heteroatoms. The normalized spacial score (nSPS) is 17.1. The number of ether oxygens (including phenoxy) is 2. The summed E-state index contributed by atoms with van der Waals surface area (Å²) >= 11 is 6.23. The molecule has 1 atom stereocenters. The van der Waals surface area contributed by atoms with Crippen LogP contribution in [0.1, 0.15) is 18.4 Å². The van der Waals surface area contributed by atoms with Crippen molar-refractivity contribution in [3.8, 4) is 18.4 Å². The summed E-state index contributed by atoms with van der Waals surface area (Å²) in [7, 11) is 0. The molecular weight excluding hydrogens is 316 g/mol. The van der Waals surface area contributed by atoms with Gasteiger partial charge < -0.3 is 15.2 Å². The van der Waals surface area contributed by atoms with Crippen LogP contribution in [-0.4, -0.2) is 12.6 Å². The minimum Gasteiger partial charge on any atom is -0.449 e. The van der Waals surface area contributed by atoms with Crippen molar-refractivity contribution in [3.05, 3.63) is 57.6 Å². The number of nitrogens with zero attached hydrogens (tertiary/aromatic N) is 1. The third-order valence-electron chi connectivity index (χ3n) is 3.33. The van der Waals surface area contributed by atoms with Crippen molar-refractivity contribution in [2.24, 2.45) is 5.73 Å². The molecule has 1 aromatic carbocycles. The fourth-order valence-electron chi connectivity index (χ4n) is 2.35. The van der Waals surface area contributed by atoms with Crippen molar-refractivity contribution in [2.75, 3.05) is 6.61 Å². The zero-order valence-electron chi connectivity index (χ0n) is 12.3. The van der Waals surface area contributed by atoms with Gasteiger partial charge in [-0.1, -0.05) is 35.7 Å². The van der Waals surface area contributed by atoms with Crippen molar-refractivity contribution in [1.82, 2.24) is 0 Å². The van der Waals surface area contributed by atoms with E-state index in [1.807, 2.05) is 6.07 Å². The highest BCUT2D eigenvalue weighted by Gasteiger charge is 2.37. The first-order valence-corrected chi connectivity index (χ1v) is 7.02. The van der Waals surface area contributed by atoms with Crippen LogP contribution >= 0.6 is 11.6 Å². The Morgan fingerprint density at radius 3 is 2.83 bits per heavy atom. The number of allylic oxidation sites excluding steroid dienone is 2. The van der Waals surface area contributed by atoms with Gasteiger partial charge in [0, 0.05) is 5.02 Å². The van der Waals surface area contributed by atoms with Crippen LogP contribution in [0.25, 0.3) is 0 Å². The van der Waals surface area contributed by atoms with E-state index in [9.17, 15) is 10.1 Å². The summed E-state index contributed by atoms with van der Waals surface area (Å²) in [6.07, 6.45) is 5.11. The number of terminal acetylenes is 1. The van der Waals surface area contributed by atoms with Gasteiger partial charge >= 0.3 is 5.97 Å². The van der Waals surface area contributed by atoms with Gasteiger partial charge in [0.2, 0.25) is 5.88 Å². The molecular formula is C17H13ClN2O3. The number of nitriles is 1. The molecule has 0 saturated carbocycles. The Hall–Kier alpha value is -2.89. The number of benzene rings is 1. The van der Waals surface area contributed by atoms with Crippen molar-refractivity contribution >= 4 is 17.6 Å². The predicted molar refractivity (Wildman–Crippen MR) is 84.6 cm³/mol. The number of halogens is 1. The van der Waals surface area contributed by atoms with E-state index in [0.29, 0.717) is 10.6 Å². The van der Waals surface area contributed by atoms with Crippen LogP contribution < -0.4 is 5.73 Å². The largest absolute Gasteiger partial charge is 0.449 e. The van der Waals surface area contributed by atoms with Gasteiger partial charge in [-0.15, -0.1) is 6.42 Å². The zero-order valence-corrected chi connectivity index (χ0v) is 13.1. The van der Waals surface area contributed by atoms with Gasteiger partial charge in [0.15, 0.2) is 6.61 Å². The third kappa shape index (κ3) is 3.15. The first-order valence-electron chi connectivity index (χ1n) is 6.64. The molecule has 1 aromatic rings. The van der Waals surface area contributed by atoms with Crippen LogP contribution in [0.3, 0.4) is 0 Å². The standard InChI is InChI=1S/C17H13ClN2O3/c1-3-8-22-17(21)14-10(2)23-16(20)12(9-19)15(14)11-6-4-5-7-13(11)18/h1,4-7,15H,8,20H2,2H3. The second kappa shape index (κ2) is 6.91. The molecule has 0 fully saturated rings. The molecule has 0 amide bonds. The summed E-state index contributed by atoms with van der Waals surface area (Å²) in [5, 5.41) is 9.83. The van der Waals surface area contributed by atoms with E-state index in [1.165, 1.54) is 0 Å². The van der Waals surface area contributed by atoms with Crippen molar-refractivity contribution in [1.29, 1.82) is 5.26 Å². The number of carbonyl (C=O) groups is 1. The summed E-state index contributed by atoms with van der Waals surface area (Å²) in [5.41, 5.74) is 6.60. The zero-order chi connectivity index (χ0) is 17.0. The number of rotatable bonds is 3. The van der Waals surface area contributed by atoms with Crippen LogP contribution in [0.2, 0.25) is 5.02 Å². The Labute approximate surface area is 138 Å². The number of hydrogen-bond acceptors (Lipinski definition) is 5. The molecule has 0 radical (unpaired) electrons. The summed E-state index contributed by atoms with van der Waals surface area (Å²) in [6, 6.07) is 8.86. The van der Waals surface area contributed by atoms with Crippen LogP contribution in [-0.2, 0) is 14.3 Å². The average Bonchev–Trinajstić information content (AvgIpc) is 2.52. The lowest BCUT2D eigenvalue weighted by Gasteiger charge is -2.27. The Morgan fingerprint density at radius 1 is 1.52 bits per heavy atom. The van der Waals surface area contributed by atoms with E-state index in [4.69, 9.17) is 33.2 Å². The molecule has 0 aliphatic carbocycles. The summed E-state index contributed by atoms with van der Waals surface area (Å²) in [6.45, 7) is 1.38. The monoisotopic (exact) mass is 328 g/mol. The smallest absolute Gasteiger partial charge is 0.339 e. The van der Waals surface area contributed by atoms with Crippen LogP contribution in [0, 0.1) is 23.7 Å². The number of nitrogens with two attached hydrogens (primary N) is 1. The first kappa shape index (κ1) is 16.5. The van der Waals surface area contributed by atoms with E-state index in [1.54, 1.807) is 31.2 Å². The SMILES string of the molecule is C#CCOC(=O)C1=C(C)OC(N)=C(C#N)C1c1ccccc1Cl. The fraction of sp³-hybridized carbons (Fsp3) is 0.176. The quantitative estimate of drug-likeness (QED) is 0.681. The van der Waals surface area contributed by atoms with Crippen molar-refractivity contribution in [2.45, 2.75) is 12.8 Å². The van der Waals surface area contributed by atoms with Gasteiger partial charge in [-0.2, -0.15) is 5.26 Å². The van der Waals surface area contributed by atoms with E-state index in [2.05, 4.69) is 5.92 Å². The molecule has 116 valence electrons. The van der Waals surface area contributed by atoms with Crippen molar-refractivity contribution < 1.29 is 14.3 Å². The number of carbonyl (C=O) groups excluding carboxylic acids is 1. The lowest BCUT2D eigenvalue weighted by atomic mass is 9.83. The molecule has 1 aliphatic rings. The molecule has 23 heavy (non-hydrogen) atoms. The van der Waals surface area contributed by atoms with Gasteiger partial charge in [-0.05, 0) is 18.6 Å². The molecule has 1 aliphatic heterocycles. The summed E-state index contributed by atoms with van der Waals surface area (Å²) < 4.78 is 10.3. The Morgan fingerprint density at radius 2 is 2.22 bits per heavy atom. The molecule has 0 aromatic heterocycles.